The van der Waals surface area contributed by atoms with Crippen molar-refractivity contribution in [3.8, 4) is 17.2 Å². The number of H-pyrrole nitrogens is 1. The van der Waals surface area contributed by atoms with E-state index in [0.29, 0.717) is 34.7 Å². The minimum Gasteiger partial charge on any atom is -0.507 e. The van der Waals surface area contributed by atoms with Crippen LogP contribution in [0.4, 0.5) is 0 Å². The van der Waals surface area contributed by atoms with E-state index in [2.05, 4.69) is 9.97 Å². The topological polar surface area (TPSA) is 93.7 Å². The van der Waals surface area contributed by atoms with Crippen LogP contribution in [0, 0.1) is 0 Å². The lowest BCUT2D eigenvalue weighted by molar-refractivity contribution is -0.109. The second-order valence-corrected chi connectivity index (χ2v) is 5.81. The van der Waals surface area contributed by atoms with Crippen LogP contribution >= 0.6 is 0 Å². The molecule has 0 fully saturated rings. The maximum atomic E-state index is 11.8. The molecule has 1 atom stereocenters. The van der Waals surface area contributed by atoms with Crippen LogP contribution in [0.5, 0.6) is 17.2 Å². The molecule has 2 N–H and O–H groups in total. The van der Waals surface area contributed by atoms with E-state index in [1.54, 1.807) is 30.6 Å². The molecular formula is C19H16N2O5. The summed E-state index contributed by atoms with van der Waals surface area (Å²) in [7, 11) is 3.01. The van der Waals surface area contributed by atoms with Crippen LogP contribution in [-0.2, 0) is 4.79 Å². The average molecular weight is 352 g/mol. The van der Waals surface area contributed by atoms with E-state index in [9.17, 15) is 9.90 Å². The number of nitrogens with zero attached hydrogens (tertiary/aromatic N) is 1. The number of aromatic nitrogens is 2. The largest absolute Gasteiger partial charge is 0.507 e. The number of ether oxygens (including phenoxy) is 3. The Labute approximate surface area is 148 Å². The molecule has 0 amide bonds. The fraction of sp³-hybridized carbons (Fsp3) is 0.158. The Balaban J connectivity index is 1.89. The summed E-state index contributed by atoms with van der Waals surface area (Å²) in [6, 6.07) is 8.70. The normalized spacial score (nSPS) is 16.2. The number of nitrogens with one attached hydrogen (secondary N) is 1. The molecule has 0 saturated heterocycles. The highest BCUT2D eigenvalue weighted by molar-refractivity contribution is 5.84. The van der Waals surface area contributed by atoms with E-state index < -0.39 is 5.92 Å². The van der Waals surface area contributed by atoms with Crippen LogP contribution in [0.2, 0.25) is 0 Å². The first-order valence-corrected chi connectivity index (χ1v) is 7.92. The molecule has 1 aliphatic rings. The molecular weight excluding hydrogens is 336 g/mol. The minimum absolute atomic E-state index is 0.171. The lowest BCUT2D eigenvalue weighted by Crippen LogP contribution is -2.17. The predicted octanol–water partition coefficient (Wildman–Crippen LogP) is 3.18. The van der Waals surface area contributed by atoms with E-state index in [4.69, 9.17) is 14.2 Å². The minimum atomic E-state index is -0.896. The highest BCUT2D eigenvalue weighted by Gasteiger charge is 2.34. The molecule has 1 aliphatic heterocycles. The average Bonchev–Trinajstić information content (AvgIpc) is 3.14. The summed E-state index contributed by atoms with van der Waals surface area (Å²) in [5, 5.41) is 10.7. The van der Waals surface area contributed by atoms with Gasteiger partial charge in [-0.2, -0.15) is 0 Å². The number of benzene rings is 2. The van der Waals surface area contributed by atoms with E-state index >= 15 is 0 Å². The molecule has 7 nitrogen and oxygen atoms in total. The molecule has 26 heavy (non-hydrogen) atoms. The van der Waals surface area contributed by atoms with Crippen molar-refractivity contribution in [1.82, 2.24) is 9.97 Å². The zero-order chi connectivity index (χ0) is 18.3. The third-order valence-corrected chi connectivity index (χ3v) is 4.40. The molecule has 2 heterocycles. The number of methoxy groups -OCH3 is 2. The molecule has 2 aromatic carbocycles. The van der Waals surface area contributed by atoms with Gasteiger partial charge in [-0.25, -0.2) is 4.98 Å². The van der Waals surface area contributed by atoms with Gasteiger partial charge in [0.15, 0.2) is 11.5 Å². The SMILES string of the molecule is COc1cc(OC)c2c(c1)OC(c1ccc3nc[nH]c3c1)=C(O)C2C=O. The summed E-state index contributed by atoms with van der Waals surface area (Å²) in [5.41, 5.74) is 2.68. The zero-order valence-electron chi connectivity index (χ0n) is 14.1. The lowest BCUT2D eigenvalue weighted by atomic mass is 9.92. The molecule has 0 radical (unpaired) electrons. The number of aliphatic hydroxyl groups excluding tert-OH is 1. The molecule has 0 bridgehead atoms. The standard InChI is InChI=1S/C19H16N2O5/c1-24-11-6-15(25-2)17-12(8-22)18(23)19(26-16(17)7-11)10-3-4-13-14(5-10)21-9-20-13/h3-9,12,23H,1-2H3,(H,20,21). The first-order valence-electron chi connectivity index (χ1n) is 7.92. The van der Waals surface area contributed by atoms with E-state index in [-0.39, 0.29) is 11.5 Å². The van der Waals surface area contributed by atoms with Gasteiger partial charge in [0.05, 0.1) is 37.1 Å². The summed E-state index contributed by atoms with van der Waals surface area (Å²) in [4.78, 5) is 18.9. The van der Waals surface area contributed by atoms with Crippen LogP contribution in [0.3, 0.4) is 0 Å². The number of aromatic amines is 1. The van der Waals surface area contributed by atoms with Gasteiger partial charge in [-0.15, -0.1) is 0 Å². The molecule has 132 valence electrons. The Morgan fingerprint density at radius 1 is 1.23 bits per heavy atom. The molecule has 7 heteroatoms. The number of hydrogen-bond donors (Lipinski definition) is 2. The van der Waals surface area contributed by atoms with Crippen LogP contribution in [0.15, 0.2) is 42.4 Å². The lowest BCUT2D eigenvalue weighted by Gasteiger charge is -2.26. The van der Waals surface area contributed by atoms with Crippen molar-refractivity contribution in [2.45, 2.75) is 5.92 Å². The molecule has 3 aromatic rings. The van der Waals surface area contributed by atoms with Crippen molar-refractivity contribution in [2.75, 3.05) is 14.2 Å². The van der Waals surface area contributed by atoms with Crippen molar-refractivity contribution in [3.63, 3.8) is 0 Å². The Morgan fingerprint density at radius 2 is 2.08 bits per heavy atom. The number of aldehydes is 1. The maximum Gasteiger partial charge on any atom is 0.173 e. The fourth-order valence-corrected chi connectivity index (χ4v) is 3.11. The molecule has 0 saturated carbocycles. The fourth-order valence-electron chi connectivity index (χ4n) is 3.11. The quantitative estimate of drug-likeness (QED) is 0.701. The van der Waals surface area contributed by atoms with E-state index in [0.717, 1.165) is 11.0 Å². The van der Waals surface area contributed by atoms with Crippen molar-refractivity contribution >= 4 is 23.1 Å². The van der Waals surface area contributed by atoms with Gasteiger partial charge in [-0.1, -0.05) is 0 Å². The monoisotopic (exact) mass is 352 g/mol. The van der Waals surface area contributed by atoms with Crippen molar-refractivity contribution in [1.29, 1.82) is 0 Å². The summed E-state index contributed by atoms with van der Waals surface area (Å²) >= 11 is 0. The van der Waals surface area contributed by atoms with Crippen molar-refractivity contribution in [3.05, 3.63) is 53.5 Å². The van der Waals surface area contributed by atoms with Crippen LogP contribution < -0.4 is 14.2 Å². The Bertz CT molecular complexity index is 1040. The number of carbonyl (C=O) groups is 1. The van der Waals surface area contributed by atoms with Crippen LogP contribution in [0.25, 0.3) is 16.8 Å². The number of imidazole rings is 1. The van der Waals surface area contributed by atoms with Gasteiger partial charge in [0.2, 0.25) is 0 Å². The molecule has 1 unspecified atom stereocenters. The number of hydrogen-bond acceptors (Lipinski definition) is 6. The van der Waals surface area contributed by atoms with Gasteiger partial charge >= 0.3 is 0 Å². The third kappa shape index (κ3) is 2.36. The second kappa shape index (κ2) is 6.11. The van der Waals surface area contributed by atoms with E-state index in [1.807, 2.05) is 6.07 Å². The zero-order valence-corrected chi connectivity index (χ0v) is 14.1. The highest BCUT2D eigenvalue weighted by Crippen LogP contribution is 2.47. The van der Waals surface area contributed by atoms with Gasteiger partial charge in [0.1, 0.15) is 29.5 Å². The predicted molar refractivity (Wildman–Crippen MR) is 94.6 cm³/mol. The Hall–Kier alpha value is -3.48. The number of carbonyl (C=O) groups excluding carboxylic acids is 1. The van der Waals surface area contributed by atoms with Crippen molar-refractivity contribution in [2.24, 2.45) is 0 Å². The number of aliphatic hydroxyl groups is 1. The van der Waals surface area contributed by atoms with Gasteiger partial charge in [-0.05, 0) is 18.2 Å². The Kier molecular flexibility index (Phi) is 3.76. The highest BCUT2D eigenvalue weighted by atomic mass is 16.5. The van der Waals surface area contributed by atoms with Crippen LogP contribution in [0.1, 0.15) is 17.0 Å². The van der Waals surface area contributed by atoms with Gasteiger partial charge in [-0.3, -0.25) is 0 Å². The van der Waals surface area contributed by atoms with Gasteiger partial charge in [0.25, 0.3) is 0 Å². The molecule has 0 aliphatic carbocycles. The molecule has 1 aromatic heterocycles. The van der Waals surface area contributed by atoms with Crippen molar-refractivity contribution < 1.29 is 24.1 Å². The third-order valence-electron chi connectivity index (χ3n) is 4.40. The Morgan fingerprint density at radius 3 is 2.81 bits per heavy atom. The summed E-state index contributed by atoms with van der Waals surface area (Å²) in [6.45, 7) is 0. The van der Waals surface area contributed by atoms with Crippen LogP contribution in [-0.4, -0.2) is 35.6 Å². The maximum absolute atomic E-state index is 11.8. The number of fused-ring (bicyclic) bond motifs is 2. The first-order chi connectivity index (χ1) is 12.7. The summed E-state index contributed by atoms with van der Waals surface area (Å²) < 4.78 is 16.6. The van der Waals surface area contributed by atoms with Gasteiger partial charge < -0.3 is 29.1 Å². The van der Waals surface area contributed by atoms with E-state index in [1.165, 1.54) is 14.2 Å². The molecule has 0 spiro atoms. The first kappa shape index (κ1) is 16.0. The summed E-state index contributed by atoms with van der Waals surface area (Å²) in [6.07, 6.45) is 2.25. The van der Waals surface area contributed by atoms with Gasteiger partial charge in [0, 0.05) is 17.7 Å². The number of allylic oxidation sites excluding steroid dienone is 1. The summed E-state index contributed by atoms with van der Waals surface area (Å²) in [5.74, 6) is 0.472. The second-order valence-electron chi connectivity index (χ2n) is 5.81. The number of rotatable bonds is 4. The molecule has 4 rings (SSSR count). The smallest absolute Gasteiger partial charge is 0.173 e.